The highest BCUT2D eigenvalue weighted by Gasteiger charge is 2.35. The summed E-state index contributed by atoms with van der Waals surface area (Å²) in [4.78, 5) is 22.7. The first kappa shape index (κ1) is 15.0. The maximum absolute atomic E-state index is 12.3. The molecule has 1 aromatic rings. The number of rotatable bonds is 4. The van der Waals surface area contributed by atoms with Crippen LogP contribution in [0.1, 0.15) is 16.1 Å². The van der Waals surface area contributed by atoms with Gasteiger partial charge in [-0.25, -0.2) is 0 Å². The molecular weight excluding hydrogens is 267 g/mol. The number of halogens is 3. The predicted molar refractivity (Wildman–Crippen MR) is 57.5 cm³/mol. The van der Waals surface area contributed by atoms with Crippen LogP contribution >= 0.6 is 0 Å². The van der Waals surface area contributed by atoms with E-state index >= 15 is 0 Å². The molecule has 1 N–H and O–H groups in total. The summed E-state index contributed by atoms with van der Waals surface area (Å²) < 4.78 is 38.3. The zero-order chi connectivity index (χ0) is 14.8. The molecule has 1 amide bonds. The van der Waals surface area contributed by atoms with E-state index in [0.717, 1.165) is 0 Å². The van der Waals surface area contributed by atoms with Crippen molar-refractivity contribution in [3.8, 4) is 0 Å². The van der Waals surface area contributed by atoms with Gasteiger partial charge in [0.25, 0.3) is 5.91 Å². The Morgan fingerprint density at radius 1 is 1.47 bits per heavy atom. The Balaban J connectivity index is 3.00. The molecular formula is C10H12F3N3O3. The summed E-state index contributed by atoms with van der Waals surface area (Å²) >= 11 is 0. The van der Waals surface area contributed by atoms with Crippen LogP contribution in [0.5, 0.6) is 0 Å². The van der Waals surface area contributed by atoms with Crippen molar-refractivity contribution in [3.63, 3.8) is 0 Å². The number of aliphatic carboxylic acids is 1. The predicted octanol–water partition coefficient (Wildman–Crippen LogP) is 0.818. The lowest BCUT2D eigenvalue weighted by molar-refractivity contribution is -0.149. The Morgan fingerprint density at radius 3 is 2.42 bits per heavy atom. The Morgan fingerprint density at radius 2 is 2.05 bits per heavy atom. The number of aromatic nitrogens is 2. The van der Waals surface area contributed by atoms with Crippen LogP contribution in [0.3, 0.4) is 0 Å². The van der Waals surface area contributed by atoms with E-state index in [0.29, 0.717) is 0 Å². The van der Waals surface area contributed by atoms with Crippen molar-refractivity contribution < 1.29 is 27.9 Å². The zero-order valence-corrected chi connectivity index (χ0v) is 10.2. The third-order valence-corrected chi connectivity index (χ3v) is 2.23. The molecule has 1 aromatic heterocycles. The maximum atomic E-state index is 12.3. The minimum atomic E-state index is -4.67. The van der Waals surface area contributed by atoms with E-state index in [2.05, 4.69) is 5.10 Å². The van der Waals surface area contributed by atoms with E-state index in [4.69, 9.17) is 5.11 Å². The minimum absolute atomic E-state index is 0.0481. The molecule has 6 nitrogen and oxygen atoms in total. The van der Waals surface area contributed by atoms with Gasteiger partial charge >= 0.3 is 12.1 Å². The van der Waals surface area contributed by atoms with Gasteiger partial charge in [-0.15, -0.1) is 0 Å². The van der Waals surface area contributed by atoms with Gasteiger partial charge in [0.15, 0.2) is 0 Å². The number of nitrogens with zero attached hydrogens (tertiary/aromatic N) is 3. The van der Waals surface area contributed by atoms with Crippen LogP contribution in [0.2, 0.25) is 0 Å². The summed E-state index contributed by atoms with van der Waals surface area (Å²) in [5.41, 5.74) is 0.193. The molecule has 106 valence electrons. The Labute approximate surface area is 106 Å². The second-order valence-corrected chi connectivity index (χ2v) is 3.97. The van der Waals surface area contributed by atoms with E-state index in [-0.39, 0.29) is 16.2 Å². The molecule has 0 aliphatic rings. The Kier molecular flexibility index (Phi) is 4.17. The highest BCUT2D eigenvalue weighted by Crippen LogP contribution is 2.18. The van der Waals surface area contributed by atoms with Gasteiger partial charge in [-0.2, -0.15) is 18.3 Å². The number of hydrogen-bond donors (Lipinski definition) is 1. The number of alkyl halides is 3. The summed E-state index contributed by atoms with van der Waals surface area (Å²) in [7, 11) is 1.51. The molecule has 0 aliphatic heterocycles. The SMILES string of the molecule is Cc1nn(C)cc1C(=O)N(CC(=O)O)CC(F)(F)F. The van der Waals surface area contributed by atoms with E-state index in [9.17, 15) is 22.8 Å². The lowest BCUT2D eigenvalue weighted by Crippen LogP contribution is -2.42. The van der Waals surface area contributed by atoms with Crippen molar-refractivity contribution in [1.29, 1.82) is 0 Å². The van der Waals surface area contributed by atoms with Crippen molar-refractivity contribution in [3.05, 3.63) is 17.5 Å². The normalized spacial score (nSPS) is 11.4. The molecule has 19 heavy (non-hydrogen) atoms. The fraction of sp³-hybridized carbons (Fsp3) is 0.500. The topological polar surface area (TPSA) is 75.4 Å². The summed E-state index contributed by atoms with van der Waals surface area (Å²) in [5.74, 6) is -2.52. The molecule has 0 fully saturated rings. The average Bonchev–Trinajstić information content (AvgIpc) is 2.53. The summed E-state index contributed by atoms with van der Waals surface area (Å²) in [6.45, 7) is -1.18. The van der Waals surface area contributed by atoms with Gasteiger partial charge < -0.3 is 10.0 Å². The van der Waals surface area contributed by atoms with Gasteiger partial charge in [-0.05, 0) is 6.92 Å². The van der Waals surface area contributed by atoms with Gasteiger partial charge in [0.1, 0.15) is 13.1 Å². The van der Waals surface area contributed by atoms with Crippen LogP contribution in [0.25, 0.3) is 0 Å². The fourth-order valence-corrected chi connectivity index (χ4v) is 1.56. The largest absolute Gasteiger partial charge is 0.480 e. The van der Waals surface area contributed by atoms with Crippen LogP contribution < -0.4 is 0 Å². The maximum Gasteiger partial charge on any atom is 0.406 e. The molecule has 9 heteroatoms. The quantitative estimate of drug-likeness (QED) is 0.885. The molecule has 0 bridgehead atoms. The lowest BCUT2D eigenvalue weighted by Gasteiger charge is -2.21. The van der Waals surface area contributed by atoms with Gasteiger partial charge in [0.05, 0.1) is 11.3 Å². The number of carbonyl (C=O) groups excluding carboxylic acids is 1. The van der Waals surface area contributed by atoms with E-state index in [1.165, 1.54) is 24.9 Å². The summed E-state index contributed by atoms with van der Waals surface area (Å²) in [5, 5.41) is 12.4. The van der Waals surface area contributed by atoms with Crippen LogP contribution in [0.4, 0.5) is 13.2 Å². The third-order valence-electron chi connectivity index (χ3n) is 2.23. The highest BCUT2D eigenvalue weighted by molar-refractivity contribution is 5.96. The fourth-order valence-electron chi connectivity index (χ4n) is 1.56. The molecule has 1 heterocycles. The molecule has 0 saturated heterocycles. The van der Waals surface area contributed by atoms with Gasteiger partial charge in [0.2, 0.25) is 0 Å². The second-order valence-electron chi connectivity index (χ2n) is 3.97. The Hall–Kier alpha value is -2.06. The monoisotopic (exact) mass is 279 g/mol. The number of carboxylic acids is 1. The molecule has 0 spiro atoms. The number of carbonyl (C=O) groups is 2. The summed E-state index contributed by atoms with van der Waals surface area (Å²) in [6, 6.07) is 0. The number of aryl methyl sites for hydroxylation is 2. The van der Waals surface area contributed by atoms with E-state index < -0.39 is 31.1 Å². The first-order valence-corrected chi connectivity index (χ1v) is 5.18. The number of hydrogen-bond acceptors (Lipinski definition) is 3. The molecule has 1 rings (SSSR count). The van der Waals surface area contributed by atoms with Crippen LogP contribution in [0, 0.1) is 6.92 Å². The molecule has 0 radical (unpaired) electrons. The van der Waals surface area contributed by atoms with Crippen molar-refractivity contribution in [1.82, 2.24) is 14.7 Å². The number of amides is 1. The van der Waals surface area contributed by atoms with Crippen LogP contribution in [0.15, 0.2) is 6.20 Å². The van der Waals surface area contributed by atoms with Gasteiger partial charge in [-0.3, -0.25) is 14.3 Å². The number of carboxylic acid groups (broad SMARTS) is 1. The smallest absolute Gasteiger partial charge is 0.406 e. The van der Waals surface area contributed by atoms with E-state index in [1.807, 2.05) is 0 Å². The average molecular weight is 279 g/mol. The Bertz CT molecular complexity index is 496. The first-order valence-electron chi connectivity index (χ1n) is 5.18. The van der Waals surface area contributed by atoms with Crippen molar-refractivity contribution in [2.24, 2.45) is 7.05 Å². The minimum Gasteiger partial charge on any atom is -0.480 e. The first-order chi connectivity index (χ1) is 8.60. The molecule has 0 aromatic carbocycles. The molecule has 0 aliphatic carbocycles. The lowest BCUT2D eigenvalue weighted by atomic mass is 10.2. The zero-order valence-electron chi connectivity index (χ0n) is 10.2. The standard InChI is InChI=1S/C10H12F3N3O3/c1-6-7(3-15(2)14-6)9(19)16(4-8(17)18)5-10(11,12)13/h3H,4-5H2,1-2H3,(H,17,18). The summed E-state index contributed by atoms with van der Waals surface area (Å²) in [6.07, 6.45) is -3.41. The van der Waals surface area contributed by atoms with Gasteiger partial charge in [-0.1, -0.05) is 0 Å². The van der Waals surface area contributed by atoms with Crippen LogP contribution in [-0.4, -0.2) is 50.9 Å². The molecule has 0 saturated carbocycles. The van der Waals surface area contributed by atoms with Crippen molar-refractivity contribution in [2.45, 2.75) is 13.1 Å². The molecule has 0 unspecified atom stereocenters. The van der Waals surface area contributed by atoms with E-state index in [1.54, 1.807) is 0 Å². The van der Waals surface area contributed by atoms with Crippen LogP contribution in [-0.2, 0) is 11.8 Å². The molecule has 0 atom stereocenters. The third kappa shape index (κ3) is 4.27. The van der Waals surface area contributed by atoms with Crippen molar-refractivity contribution >= 4 is 11.9 Å². The second kappa shape index (κ2) is 5.29. The van der Waals surface area contributed by atoms with Crippen molar-refractivity contribution in [2.75, 3.05) is 13.1 Å². The highest BCUT2D eigenvalue weighted by atomic mass is 19.4. The van der Waals surface area contributed by atoms with Gasteiger partial charge in [0, 0.05) is 13.2 Å².